The number of amides is 2. The van der Waals surface area contributed by atoms with Crippen LogP contribution in [0.5, 0.6) is 0 Å². The van der Waals surface area contributed by atoms with Crippen LogP contribution in [0.4, 0.5) is 0 Å². The summed E-state index contributed by atoms with van der Waals surface area (Å²) in [6.45, 7) is 0. The summed E-state index contributed by atoms with van der Waals surface area (Å²) in [5.41, 5.74) is 11.4. The first-order valence-corrected chi connectivity index (χ1v) is 7.15. The molecule has 4 N–H and O–H groups in total. The molecule has 0 saturated heterocycles. The van der Waals surface area contributed by atoms with Crippen molar-refractivity contribution in [2.24, 2.45) is 22.3 Å². The summed E-state index contributed by atoms with van der Waals surface area (Å²) in [6, 6.07) is 9.99. The van der Waals surface area contributed by atoms with Crippen LogP contribution in [-0.4, -0.2) is 11.8 Å². The Hall–Kier alpha value is -1.84. The predicted octanol–water partition coefficient (Wildman–Crippen LogP) is 1.69. The molecular formula is C16H20N2O2. The number of hydrogen-bond donors (Lipinski definition) is 2. The molecule has 2 aliphatic carbocycles. The van der Waals surface area contributed by atoms with E-state index in [9.17, 15) is 9.59 Å². The van der Waals surface area contributed by atoms with E-state index in [1.165, 1.54) is 0 Å². The number of nitrogens with two attached hydrogens (primary N) is 2. The molecule has 2 atom stereocenters. The van der Waals surface area contributed by atoms with Gasteiger partial charge in [0.1, 0.15) is 0 Å². The Morgan fingerprint density at radius 3 is 2.20 bits per heavy atom. The molecule has 0 radical (unpaired) electrons. The van der Waals surface area contributed by atoms with E-state index in [0.29, 0.717) is 12.8 Å². The first-order chi connectivity index (χ1) is 9.50. The molecular weight excluding hydrogens is 252 g/mol. The highest BCUT2D eigenvalue weighted by atomic mass is 16.2. The molecule has 106 valence electrons. The Labute approximate surface area is 118 Å². The number of primary amides is 2. The molecule has 1 aromatic rings. The van der Waals surface area contributed by atoms with E-state index in [1.807, 2.05) is 30.3 Å². The van der Waals surface area contributed by atoms with Gasteiger partial charge in [0.15, 0.2) is 0 Å². The van der Waals surface area contributed by atoms with Crippen LogP contribution in [0, 0.1) is 10.8 Å². The van der Waals surface area contributed by atoms with E-state index in [1.54, 1.807) is 0 Å². The van der Waals surface area contributed by atoms with Gasteiger partial charge in [-0.05, 0) is 43.6 Å². The third kappa shape index (κ3) is 1.99. The van der Waals surface area contributed by atoms with Crippen LogP contribution >= 0.6 is 0 Å². The summed E-state index contributed by atoms with van der Waals surface area (Å²) in [4.78, 5) is 23.3. The first-order valence-electron chi connectivity index (χ1n) is 7.15. The van der Waals surface area contributed by atoms with Gasteiger partial charge in [-0.3, -0.25) is 9.59 Å². The van der Waals surface area contributed by atoms with E-state index in [0.717, 1.165) is 24.8 Å². The zero-order valence-electron chi connectivity index (χ0n) is 11.5. The Morgan fingerprint density at radius 1 is 1.05 bits per heavy atom. The maximum atomic E-state index is 11.9. The highest BCUT2D eigenvalue weighted by Crippen LogP contribution is 2.64. The molecule has 0 bridgehead atoms. The minimum Gasteiger partial charge on any atom is -0.369 e. The van der Waals surface area contributed by atoms with Gasteiger partial charge in [-0.25, -0.2) is 0 Å². The van der Waals surface area contributed by atoms with Crippen molar-refractivity contribution in [1.29, 1.82) is 0 Å². The molecule has 2 fully saturated rings. The lowest BCUT2D eigenvalue weighted by molar-refractivity contribution is -0.126. The number of benzene rings is 1. The second kappa shape index (κ2) is 4.33. The molecule has 1 aromatic carbocycles. The SMILES string of the molecule is NC(=O)C1(CCC2(C(N)=O)C[C@H]2c2ccccc2)CC1. The van der Waals surface area contributed by atoms with Crippen molar-refractivity contribution >= 4 is 11.8 Å². The quantitative estimate of drug-likeness (QED) is 0.825. The first kappa shape index (κ1) is 13.2. The average molecular weight is 272 g/mol. The van der Waals surface area contributed by atoms with Crippen molar-refractivity contribution in [1.82, 2.24) is 0 Å². The summed E-state index contributed by atoms with van der Waals surface area (Å²) in [5, 5.41) is 0. The smallest absolute Gasteiger partial charge is 0.224 e. The van der Waals surface area contributed by atoms with Crippen LogP contribution in [0.15, 0.2) is 30.3 Å². The summed E-state index contributed by atoms with van der Waals surface area (Å²) < 4.78 is 0. The number of hydrogen-bond acceptors (Lipinski definition) is 2. The normalized spacial score (nSPS) is 29.7. The maximum absolute atomic E-state index is 11.9. The highest BCUT2D eigenvalue weighted by molar-refractivity contribution is 5.86. The number of carbonyl (C=O) groups excluding carboxylic acids is 2. The lowest BCUT2D eigenvalue weighted by Crippen LogP contribution is -2.30. The minimum atomic E-state index is -0.466. The van der Waals surface area contributed by atoms with E-state index in [2.05, 4.69) is 0 Å². The standard InChI is InChI=1S/C16H20N2O2/c17-13(19)15(6-7-15)8-9-16(14(18)20)10-12(16)11-4-2-1-3-5-11/h1-5,12H,6-10H2,(H2,17,19)(H2,18,20)/t12-,16?/m0/s1. The fourth-order valence-corrected chi connectivity index (χ4v) is 3.33. The summed E-state index contributed by atoms with van der Waals surface area (Å²) in [5.74, 6) is -0.273. The summed E-state index contributed by atoms with van der Waals surface area (Å²) >= 11 is 0. The van der Waals surface area contributed by atoms with Gasteiger partial charge in [0.2, 0.25) is 11.8 Å². The molecule has 3 rings (SSSR count). The van der Waals surface area contributed by atoms with Crippen molar-refractivity contribution in [3.05, 3.63) is 35.9 Å². The van der Waals surface area contributed by atoms with Gasteiger partial charge in [0.05, 0.1) is 5.41 Å². The zero-order valence-corrected chi connectivity index (χ0v) is 11.5. The molecule has 0 aromatic heterocycles. The minimum absolute atomic E-state index is 0.199. The molecule has 0 spiro atoms. The van der Waals surface area contributed by atoms with Gasteiger partial charge in [0.25, 0.3) is 0 Å². The average Bonchev–Trinajstić information content (AvgIpc) is 3.32. The fraction of sp³-hybridized carbons (Fsp3) is 0.500. The summed E-state index contributed by atoms with van der Waals surface area (Å²) in [6.07, 6.45) is 3.86. The molecule has 20 heavy (non-hydrogen) atoms. The van der Waals surface area contributed by atoms with Crippen LogP contribution in [0.3, 0.4) is 0 Å². The Bertz CT molecular complexity index is 551. The fourth-order valence-electron chi connectivity index (χ4n) is 3.33. The largest absolute Gasteiger partial charge is 0.369 e. The van der Waals surface area contributed by atoms with Crippen molar-refractivity contribution in [2.75, 3.05) is 0 Å². The number of carbonyl (C=O) groups is 2. The third-order valence-corrected chi connectivity index (χ3v) is 5.19. The third-order valence-electron chi connectivity index (χ3n) is 5.19. The van der Waals surface area contributed by atoms with Crippen LogP contribution in [0.1, 0.15) is 43.6 Å². The van der Waals surface area contributed by atoms with Crippen molar-refractivity contribution in [3.8, 4) is 0 Å². The highest BCUT2D eigenvalue weighted by Gasteiger charge is 2.61. The molecule has 1 unspecified atom stereocenters. The van der Waals surface area contributed by atoms with Crippen molar-refractivity contribution in [2.45, 2.75) is 38.0 Å². The molecule has 4 heteroatoms. The summed E-state index contributed by atoms with van der Waals surface area (Å²) in [7, 11) is 0. The molecule has 0 aliphatic heterocycles. The second-order valence-corrected chi connectivity index (χ2v) is 6.33. The molecule has 2 aliphatic rings. The van der Waals surface area contributed by atoms with Crippen LogP contribution in [0.2, 0.25) is 0 Å². The Balaban J connectivity index is 1.72. The topological polar surface area (TPSA) is 86.2 Å². The van der Waals surface area contributed by atoms with Crippen LogP contribution in [-0.2, 0) is 9.59 Å². The van der Waals surface area contributed by atoms with Crippen LogP contribution in [0.25, 0.3) is 0 Å². The van der Waals surface area contributed by atoms with Gasteiger partial charge in [-0.2, -0.15) is 0 Å². The monoisotopic (exact) mass is 272 g/mol. The Morgan fingerprint density at radius 2 is 1.70 bits per heavy atom. The van der Waals surface area contributed by atoms with Gasteiger partial charge >= 0.3 is 0 Å². The lowest BCUT2D eigenvalue weighted by Gasteiger charge is -2.17. The Kier molecular flexibility index (Phi) is 2.85. The predicted molar refractivity (Wildman–Crippen MR) is 75.5 cm³/mol. The molecule has 2 amide bonds. The van der Waals surface area contributed by atoms with Gasteiger partial charge in [-0.15, -0.1) is 0 Å². The van der Waals surface area contributed by atoms with Gasteiger partial charge in [-0.1, -0.05) is 30.3 Å². The molecule has 2 saturated carbocycles. The van der Waals surface area contributed by atoms with Gasteiger partial charge in [0, 0.05) is 5.41 Å². The van der Waals surface area contributed by atoms with Crippen molar-refractivity contribution < 1.29 is 9.59 Å². The second-order valence-electron chi connectivity index (χ2n) is 6.33. The van der Waals surface area contributed by atoms with E-state index in [-0.39, 0.29) is 23.1 Å². The number of rotatable bonds is 6. The molecule has 4 nitrogen and oxygen atoms in total. The van der Waals surface area contributed by atoms with E-state index < -0.39 is 5.41 Å². The van der Waals surface area contributed by atoms with Crippen molar-refractivity contribution in [3.63, 3.8) is 0 Å². The maximum Gasteiger partial charge on any atom is 0.224 e. The van der Waals surface area contributed by atoms with E-state index in [4.69, 9.17) is 11.5 Å². The van der Waals surface area contributed by atoms with Crippen LogP contribution < -0.4 is 11.5 Å². The lowest BCUT2D eigenvalue weighted by atomic mass is 9.87. The van der Waals surface area contributed by atoms with Gasteiger partial charge < -0.3 is 11.5 Å². The zero-order chi connectivity index (χ0) is 14.4. The van der Waals surface area contributed by atoms with E-state index >= 15 is 0 Å². The molecule has 0 heterocycles.